The van der Waals surface area contributed by atoms with Crippen LogP contribution >= 0.6 is 0 Å². The van der Waals surface area contributed by atoms with Gasteiger partial charge in [-0.15, -0.1) is 0 Å². The zero-order valence-electron chi connectivity index (χ0n) is 11.9. The third kappa shape index (κ3) is 3.92. The lowest BCUT2D eigenvalue weighted by Crippen LogP contribution is -2.17. The second-order valence-electron chi connectivity index (χ2n) is 4.42. The number of nitrogens with zero attached hydrogens (tertiary/aromatic N) is 1. The summed E-state index contributed by atoms with van der Waals surface area (Å²) in [6.45, 7) is 3.76. The third-order valence-corrected chi connectivity index (χ3v) is 2.71. The molecule has 2 rings (SSSR count). The number of aromatic nitrogens is 1. The molecule has 1 aromatic carbocycles. The van der Waals surface area contributed by atoms with Crippen LogP contribution in [0.15, 0.2) is 34.9 Å². The molecule has 0 aliphatic heterocycles. The predicted molar refractivity (Wildman–Crippen MR) is 76.0 cm³/mol. The van der Waals surface area contributed by atoms with Crippen LogP contribution in [-0.4, -0.2) is 23.6 Å². The molecule has 0 aliphatic carbocycles. The first-order valence-electron chi connectivity index (χ1n) is 6.58. The molecule has 0 saturated carbocycles. The standard InChI is InChI=1S/C15H16N2O4/c1-3-20-15(19)12-6-4-5-7-13(12)16-14(18)9-11-8-10(2)21-17-11/h4-8H,3,9H2,1-2H3,(H,16,18). The van der Waals surface area contributed by atoms with Crippen LogP contribution in [0.4, 0.5) is 5.69 Å². The summed E-state index contributed by atoms with van der Waals surface area (Å²) in [5.74, 6) is -0.101. The Kier molecular flexibility index (Phi) is 4.71. The maximum absolute atomic E-state index is 12.0. The molecule has 0 bridgehead atoms. The molecule has 0 radical (unpaired) electrons. The van der Waals surface area contributed by atoms with Crippen molar-refractivity contribution in [2.75, 3.05) is 11.9 Å². The lowest BCUT2D eigenvalue weighted by molar-refractivity contribution is -0.115. The van der Waals surface area contributed by atoms with Gasteiger partial charge >= 0.3 is 5.97 Å². The van der Waals surface area contributed by atoms with Crippen LogP contribution in [0.25, 0.3) is 0 Å². The van der Waals surface area contributed by atoms with Crippen LogP contribution < -0.4 is 5.32 Å². The Morgan fingerprint density at radius 2 is 2.10 bits per heavy atom. The average Bonchev–Trinajstić information content (AvgIpc) is 2.84. The van der Waals surface area contributed by atoms with E-state index in [9.17, 15) is 9.59 Å². The number of para-hydroxylation sites is 1. The highest BCUT2D eigenvalue weighted by molar-refractivity contribution is 6.01. The highest BCUT2D eigenvalue weighted by Gasteiger charge is 2.15. The van der Waals surface area contributed by atoms with Gasteiger partial charge in [0.1, 0.15) is 5.76 Å². The van der Waals surface area contributed by atoms with Gasteiger partial charge in [0.25, 0.3) is 0 Å². The molecule has 0 atom stereocenters. The fraction of sp³-hybridized carbons (Fsp3) is 0.267. The number of carbonyl (C=O) groups excluding carboxylic acids is 2. The number of rotatable bonds is 5. The number of nitrogens with one attached hydrogen (secondary N) is 1. The smallest absolute Gasteiger partial charge is 0.340 e. The van der Waals surface area contributed by atoms with Crippen molar-refractivity contribution < 1.29 is 18.8 Å². The molecular weight excluding hydrogens is 272 g/mol. The van der Waals surface area contributed by atoms with Crippen LogP contribution in [0, 0.1) is 6.92 Å². The van der Waals surface area contributed by atoms with Gasteiger partial charge in [-0.25, -0.2) is 4.79 Å². The molecule has 110 valence electrons. The molecule has 0 unspecified atom stereocenters. The number of amides is 1. The third-order valence-electron chi connectivity index (χ3n) is 2.71. The Hall–Kier alpha value is -2.63. The number of benzene rings is 1. The summed E-state index contributed by atoms with van der Waals surface area (Å²) in [6.07, 6.45) is 0.0779. The van der Waals surface area contributed by atoms with Gasteiger partial charge in [0, 0.05) is 6.07 Å². The first-order chi connectivity index (χ1) is 10.1. The van der Waals surface area contributed by atoms with Gasteiger partial charge in [0.15, 0.2) is 0 Å². The molecular formula is C15H16N2O4. The number of hydrogen-bond acceptors (Lipinski definition) is 5. The number of hydrogen-bond donors (Lipinski definition) is 1. The van der Waals surface area contributed by atoms with E-state index < -0.39 is 5.97 Å². The van der Waals surface area contributed by atoms with Crippen molar-refractivity contribution >= 4 is 17.6 Å². The second-order valence-corrected chi connectivity index (χ2v) is 4.42. The van der Waals surface area contributed by atoms with Gasteiger partial charge in [-0.1, -0.05) is 17.3 Å². The molecule has 6 heteroatoms. The van der Waals surface area contributed by atoms with Crippen LogP contribution in [-0.2, 0) is 16.0 Å². The largest absolute Gasteiger partial charge is 0.462 e. The van der Waals surface area contributed by atoms with E-state index in [0.717, 1.165) is 0 Å². The van der Waals surface area contributed by atoms with Gasteiger partial charge in [0.05, 0.1) is 30.0 Å². The summed E-state index contributed by atoms with van der Waals surface area (Å²) in [4.78, 5) is 23.8. The molecule has 2 aromatic rings. The molecule has 1 aromatic heterocycles. The molecule has 6 nitrogen and oxygen atoms in total. The van der Waals surface area contributed by atoms with Gasteiger partial charge in [-0.05, 0) is 26.0 Å². The fourth-order valence-electron chi connectivity index (χ4n) is 1.84. The molecule has 0 saturated heterocycles. The fourth-order valence-corrected chi connectivity index (χ4v) is 1.84. The Labute approximate surface area is 122 Å². The van der Waals surface area contributed by atoms with Crippen LogP contribution in [0.3, 0.4) is 0 Å². The summed E-state index contributed by atoms with van der Waals surface area (Å²) in [5.41, 5.74) is 1.28. The number of esters is 1. The van der Waals surface area contributed by atoms with Crippen molar-refractivity contribution in [1.82, 2.24) is 5.16 Å². The van der Waals surface area contributed by atoms with E-state index in [1.54, 1.807) is 44.2 Å². The Morgan fingerprint density at radius 3 is 2.76 bits per heavy atom. The average molecular weight is 288 g/mol. The summed E-state index contributed by atoms with van der Waals surface area (Å²) < 4.78 is 9.86. The number of anilines is 1. The summed E-state index contributed by atoms with van der Waals surface area (Å²) in [7, 11) is 0. The summed E-state index contributed by atoms with van der Waals surface area (Å²) in [6, 6.07) is 8.39. The zero-order chi connectivity index (χ0) is 15.2. The molecule has 0 spiro atoms. The van der Waals surface area contributed by atoms with E-state index >= 15 is 0 Å². The van der Waals surface area contributed by atoms with Crippen molar-refractivity contribution in [3.8, 4) is 0 Å². The minimum atomic E-state index is -0.467. The van der Waals surface area contributed by atoms with Crippen LogP contribution in [0.2, 0.25) is 0 Å². The number of carbonyl (C=O) groups is 2. The van der Waals surface area contributed by atoms with Crippen molar-refractivity contribution in [3.63, 3.8) is 0 Å². The minimum absolute atomic E-state index is 0.0779. The maximum Gasteiger partial charge on any atom is 0.340 e. The topological polar surface area (TPSA) is 81.4 Å². The zero-order valence-corrected chi connectivity index (χ0v) is 11.9. The molecule has 0 fully saturated rings. The van der Waals surface area contributed by atoms with Crippen molar-refractivity contribution in [2.24, 2.45) is 0 Å². The summed E-state index contributed by atoms with van der Waals surface area (Å²) in [5, 5.41) is 6.44. The molecule has 1 N–H and O–H groups in total. The van der Waals surface area contributed by atoms with E-state index in [1.165, 1.54) is 0 Å². The van der Waals surface area contributed by atoms with Crippen molar-refractivity contribution in [1.29, 1.82) is 0 Å². The minimum Gasteiger partial charge on any atom is -0.462 e. The second kappa shape index (κ2) is 6.69. The van der Waals surface area contributed by atoms with E-state index in [1.807, 2.05) is 0 Å². The number of aryl methyl sites for hydroxylation is 1. The van der Waals surface area contributed by atoms with E-state index in [-0.39, 0.29) is 18.9 Å². The molecule has 21 heavy (non-hydrogen) atoms. The van der Waals surface area contributed by atoms with Gasteiger partial charge < -0.3 is 14.6 Å². The van der Waals surface area contributed by atoms with Crippen molar-refractivity contribution in [2.45, 2.75) is 20.3 Å². The highest BCUT2D eigenvalue weighted by atomic mass is 16.5. The SMILES string of the molecule is CCOC(=O)c1ccccc1NC(=O)Cc1cc(C)on1. The monoisotopic (exact) mass is 288 g/mol. The van der Waals surface area contributed by atoms with Gasteiger partial charge in [-0.3, -0.25) is 4.79 Å². The Morgan fingerprint density at radius 1 is 1.33 bits per heavy atom. The van der Waals surface area contributed by atoms with E-state index in [0.29, 0.717) is 22.7 Å². The van der Waals surface area contributed by atoms with E-state index in [4.69, 9.17) is 9.26 Å². The maximum atomic E-state index is 12.0. The number of ether oxygens (including phenoxy) is 1. The van der Waals surface area contributed by atoms with Crippen LogP contribution in [0.1, 0.15) is 28.7 Å². The quantitative estimate of drug-likeness (QED) is 0.854. The van der Waals surface area contributed by atoms with Crippen LogP contribution in [0.5, 0.6) is 0 Å². The van der Waals surface area contributed by atoms with Crippen molar-refractivity contribution in [3.05, 3.63) is 47.3 Å². The highest BCUT2D eigenvalue weighted by Crippen LogP contribution is 2.16. The Bertz CT molecular complexity index is 649. The summed E-state index contributed by atoms with van der Waals surface area (Å²) >= 11 is 0. The molecule has 1 heterocycles. The Balaban J connectivity index is 2.08. The lowest BCUT2D eigenvalue weighted by Gasteiger charge is -2.09. The lowest BCUT2D eigenvalue weighted by atomic mass is 10.1. The van der Waals surface area contributed by atoms with Gasteiger partial charge in [0.2, 0.25) is 5.91 Å². The molecule has 1 amide bonds. The predicted octanol–water partition coefficient (Wildman–Crippen LogP) is 2.34. The first kappa shape index (κ1) is 14.8. The molecule has 0 aliphatic rings. The first-order valence-corrected chi connectivity index (χ1v) is 6.58. The normalized spacial score (nSPS) is 10.2. The van der Waals surface area contributed by atoms with E-state index in [2.05, 4.69) is 10.5 Å². The van der Waals surface area contributed by atoms with Gasteiger partial charge in [-0.2, -0.15) is 0 Å².